The van der Waals surface area contributed by atoms with E-state index < -0.39 is 0 Å². The van der Waals surface area contributed by atoms with Crippen LogP contribution >= 0.6 is 0 Å². The summed E-state index contributed by atoms with van der Waals surface area (Å²) in [6, 6.07) is 0.732. The summed E-state index contributed by atoms with van der Waals surface area (Å²) in [5, 5.41) is 3.63. The topological polar surface area (TPSA) is 12.0 Å². The number of nitrogens with one attached hydrogen (secondary N) is 1. The molecule has 0 amide bonds. The third-order valence-corrected chi connectivity index (χ3v) is 5.19. The lowest BCUT2D eigenvalue weighted by atomic mass is 9.64. The van der Waals surface area contributed by atoms with Crippen molar-refractivity contribution in [2.24, 2.45) is 17.3 Å². The normalized spacial score (nSPS) is 26.1. The molecule has 1 aliphatic carbocycles. The van der Waals surface area contributed by atoms with Crippen LogP contribution in [0.5, 0.6) is 0 Å². The predicted octanol–water partition coefficient (Wildman–Crippen LogP) is 4.62. The minimum Gasteiger partial charge on any atom is -0.317 e. The van der Waals surface area contributed by atoms with E-state index in [2.05, 4.69) is 40.1 Å². The molecular weight excluding hydrogens is 206 g/mol. The second-order valence-electron chi connectivity index (χ2n) is 6.65. The van der Waals surface area contributed by atoms with Gasteiger partial charge in [-0.25, -0.2) is 0 Å². The molecule has 0 aromatic rings. The molecule has 0 aromatic carbocycles. The lowest BCUT2D eigenvalue weighted by molar-refractivity contribution is 0.0898. The van der Waals surface area contributed by atoms with E-state index in [9.17, 15) is 0 Å². The summed E-state index contributed by atoms with van der Waals surface area (Å²) in [6.45, 7) is 9.64. The molecule has 2 atom stereocenters. The summed E-state index contributed by atoms with van der Waals surface area (Å²) in [5.41, 5.74) is 0.540. The van der Waals surface area contributed by atoms with Crippen LogP contribution in [0.2, 0.25) is 0 Å². The molecule has 1 fully saturated rings. The Morgan fingerprint density at radius 1 is 1.18 bits per heavy atom. The van der Waals surface area contributed by atoms with Gasteiger partial charge in [-0.2, -0.15) is 0 Å². The summed E-state index contributed by atoms with van der Waals surface area (Å²) < 4.78 is 0. The van der Waals surface area contributed by atoms with Gasteiger partial charge in [-0.15, -0.1) is 0 Å². The molecule has 0 aromatic heterocycles. The van der Waals surface area contributed by atoms with E-state index in [-0.39, 0.29) is 0 Å². The largest absolute Gasteiger partial charge is 0.317 e. The maximum atomic E-state index is 3.63. The van der Waals surface area contributed by atoms with Crippen molar-refractivity contribution in [3.05, 3.63) is 0 Å². The van der Waals surface area contributed by atoms with E-state index in [0.29, 0.717) is 5.41 Å². The second-order valence-corrected chi connectivity index (χ2v) is 6.65. The molecule has 1 N–H and O–H groups in total. The summed E-state index contributed by atoms with van der Waals surface area (Å²) in [6.07, 6.45) is 9.76. The molecule has 1 heteroatoms. The van der Waals surface area contributed by atoms with Crippen molar-refractivity contribution in [1.29, 1.82) is 0 Å². The van der Waals surface area contributed by atoms with Crippen LogP contribution in [0.3, 0.4) is 0 Å². The molecule has 2 unspecified atom stereocenters. The first-order valence-electron chi connectivity index (χ1n) is 7.72. The fraction of sp³-hybridized carbons (Fsp3) is 1.00. The fourth-order valence-corrected chi connectivity index (χ4v) is 3.73. The zero-order valence-corrected chi connectivity index (χ0v) is 12.7. The second kappa shape index (κ2) is 6.78. The standard InChI is InChI=1S/C16H33N/c1-6-13(7-2)12-15(17-5)14-10-8-9-11-16(14,3)4/h13-15,17H,6-12H2,1-5H3. The average Bonchev–Trinajstić information content (AvgIpc) is 2.31. The third-order valence-electron chi connectivity index (χ3n) is 5.19. The summed E-state index contributed by atoms with van der Waals surface area (Å²) in [7, 11) is 2.16. The van der Waals surface area contributed by atoms with E-state index in [1.165, 1.54) is 44.9 Å². The Morgan fingerprint density at radius 2 is 1.82 bits per heavy atom. The molecule has 17 heavy (non-hydrogen) atoms. The van der Waals surface area contributed by atoms with Gasteiger partial charge < -0.3 is 5.32 Å². The first-order valence-corrected chi connectivity index (χ1v) is 7.72. The maximum absolute atomic E-state index is 3.63. The van der Waals surface area contributed by atoms with Crippen molar-refractivity contribution in [3.8, 4) is 0 Å². The molecule has 1 nitrogen and oxygen atoms in total. The fourth-order valence-electron chi connectivity index (χ4n) is 3.73. The van der Waals surface area contributed by atoms with E-state index in [4.69, 9.17) is 0 Å². The highest BCUT2D eigenvalue weighted by Gasteiger charge is 2.37. The van der Waals surface area contributed by atoms with Crippen LogP contribution in [0, 0.1) is 17.3 Å². The van der Waals surface area contributed by atoms with Gasteiger partial charge >= 0.3 is 0 Å². The Balaban J connectivity index is 2.64. The molecular formula is C16H33N. The van der Waals surface area contributed by atoms with Crippen LogP contribution in [0.25, 0.3) is 0 Å². The van der Waals surface area contributed by atoms with Crippen LogP contribution in [-0.4, -0.2) is 13.1 Å². The zero-order chi connectivity index (χ0) is 12.9. The summed E-state index contributed by atoms with van der Waals surface area (Å²) in [5.74, 6) is 1.78. The van der Waals surface area contributed by atoms with E-state index in [1.807, 2.05) is 0 Å². The van der Waals surface area contributed by atoms with Gasteiger partial charge in [-0.05, 0) is 43.6 Å². The highest BCUT2D eigenvalue weighted by Crippen LogP contribution is 2.43. The van der Waals surface area contributed by atoms with Gasteiger partial charge in [0.1, 0.15) is 0 Å². The van der Waals surface area contributed by atoms with E-state index >= 15 is 0 Å². The van der Waals surface area contributed by atoms with Gasteiger partial charge in [0, 0.05) is 6.04 Å². The molecule has 0 bridgehead atoms. The highest BCUT2D eigenvalue weighted by atomic mass is 14.9. The number of hydrogen-bond donors (Lipinski definition) is 1. The van der Waals surface area contributed by atoms with Crippen LogP contribution in [0.4, 0.5) is 0 Å². The van der Waals surface area contributed by atoms with Crippen LogP contribution < -0.4 is 5.32 Å². The maximum Gasteiger partial charge on any atom is 0.0100 e. The molecule has 1 aliphatic rings. The van der Waals surface area contributed by atoms with Gasteiger partial charge in [0.2, 0.25) is 0 Å². The van der Waals surface area contributed by atoms with Crippen molar-refractivity contribution in [3.63, 3.8) is 0 Å². The van der Waals surface area contributed by atoms with Gasteiger partial charge in [0.05, 0.1) is 0 Å². The molecule has 1 rings (SSSR count). The molecule has 1 saturated carbocycles. The molecule has 0 aliphatic heterocycles. The average molecular weight is 239 g/mol. The van der Waals surface area contributed by atoms with Gasteiger partial charge in [-0.1, -0.05) is 53.4 Å². The Hall–Kier alpha value is -0.0400. The highest BCUT2D eigenvalue weighted by molar-refractivity contribution is 4.90. The van der Waals surface area contributed by atoms with Gasteiger partial charge in [0.25, 0.3) is 0 Å². The molecule has 0 spiro atoms. The predicted molar refractivity (Wildman–Crippen MR) is 77.3 cm³/mol. The minimum absolute atomic E-state index is 0.540. The molecule has 0 radical (unpaired) electrons. The van der Waals surface area contributed by atoms with E-state index in [0.717, 1.165) is 17.9 Å². The van der Waals surface area contributed by atoms with Crippen LogP contribution in [0.1, 0.15) is 72.6 Å². The summed E-state index contributed by atoms with van der Waals surface area (Å²) in [4.78, 5) is 0. The quantitative estimate of drug-likeness (QED) is 0.713. The molecule has 0 heterocycles. The third kappa shape index (κ3) is 3.98. The smallest absolute Gasteiger partial charge is 0.0100 e. The Labute approximate surface area is 109 Å². The Bertz CT molecular complexity index is 206. The zero-order valence-electron chi connectivity index (χ0n) is 12.7. The van der Waals surface area contributed by atoms with Crippen LogP contribution in [0.15, 0.2) is 0 Å². The Morgan fingerprint density at radius 3 is 2.29 bits per heavy atom. The number of hydrogen-bond acceptors (Lipinski definition) is 1. The number of rotatable bonds is 6. The summed E-state index contributed by atoms with van der Waals surface area (Å²) >= 11 is 0. The molecule has 0 saturated heterocycles. The Kier molecular flexibility index (Phi) is 5.99. The lowest BCUT2D eigenvalue weighted by Gasteiger charge is -2.44. The minimum atomic E-state index is 0.540. The first kappa shape index (κ1) is 15.0. The lowest BCUT2D eigenvalue weighted by Crippen LogP contribution is -2.44. The van der Waals surface area contributed by atoms with Crippen molar-refractivity contribution in [2.45, 2.75) is 78.7 Å². The van der Waals surface area contributed by atoms with Crippen molar-refractivity contribution >= 4 is 0 Å². The monoisotopic (exact) mass is 239 g/mol. The SMILES string of the molecule is CCC(CC)CC(NC)C1CCCCC1(C)C. The van der Waals surface area contributed by atoms with E-state index in [1.54, 1.807) is 0 Å². The van der Waals surface area contributed by atoms with Crippen molar-refractivity contribution < 1.29 is 0 Å². The van der Waals surface area contributed by atoms with Crippen molar-refractivity contribution in [2.75, 3.05) is 7.05 Å². The van der Waals surface area contributed by atoms with Gasteiger partial charge in [-0.3, -0.25) is 0 Å². The molecule has 102 valence electrons. The van der Waals surface area contributed by atoms with Crippen molar-refractivity contribution in [1.82, 2.24) is 5.32 Å². The van der Waals surface area contributed by atoms with Crippen LogP contribution in [-0.2, 0) is 0 Å². The van der Waals surface area contributed by atoms with Gasteiger partial charge in [0.15, 0.2) is 0 Å². The first-order chi connectivity index (χ1) is 8.05.